The second-order valence-corrected chi connectivity index (χ2v) is 27.0. The van der Waals surface area contributed by atoms with Gasteiger partial charge in [0.1, 0.15) is 19.3 Å². The van der Waals surface area contributed by atoms with Crippen molar-refractivity contribution >= 4 is 39.5 Å². The Bertz CT molecular complexity index is 2430. The van der Waals surface area contributed by atoms with Crippen LogP contribution in [0, 0.1) is 0 Å². The number of carbonyl (C=O) groups is 4. The summed E-state index contributed by atoms with van der Waals surface area (Å²) in [5.41, 5.74) is 0. The summed E-state index contributed by atoms with van der Waals surface area (Å²) in [5, 5.41) is 10.6. The van der Waals surface area contributed by atoms with Gasteiger partial charge in [0.15, 0.2) is 12.2 Å². The second-order valence-electron chi connectivity index (χ2n) is 24.1. The normalized spacial score (nSPS) is 14.8. The Balaban J connectivity index is 5.44. The van der Waals surface area contributed by atoms with Crippen molar-refractivity contribution in [3.63, 3.8) is 0 Å². The molecule has 0 bridgehead atoms. The quantitative estimate of drug-likeness (QED) is 0.0169. The fourth-order valence-corrected chi connectivity index (χ4v) is 10.7. The van der Waals surface area contributed by atoms with E-state index in [1.54, 1.807) is 0 Å². The molecule has 0 heterocycles. The monoisotopic (exact) mass is 1410 g/mol. The lowest BCUT2D eigenvalue weighted by atomic mass is 10.1. The van der Waals surface area contributed by atoms with Gasteiger partial charge in [-0.2, -0.15) is 0 Å². The maximum absolute atomic E-state index is 13.1. The average Bonchev–Trinajstić information content (AvgIpc) is 0.986. The van der Waals surface area contributed by atoms with E-state index in [9.17, 15) is 43.2 Å². The van der Waals surface area contributed by atoms with Crippen molar-refractivity contribution < 1.29 is 80.2 Å². The average molecular weight is 1410 g/mol. The van der Waals surface area contributed by atoms with Crippen LogP contribution in [0.1, 0.15) is 272 Å². The van der Waals surface area contributed by atoms with Gasteiger partial charge in [-0.25, -0.2) is 9.13 Å². The molecule has 0 saturated carbocycles. The van der Waals surface area contributed by atoms with Crippen LogP contribution in [0.2, 0.25) is 0 Å². The maximum Gasteiger partial charge on any atom is 0.472 e. The van der Waals surface area contributed by atoms with Crippen LogP contribution >= 0.6 is 15.6 Å². The number of ether oxygens (including phenoxy) is 4. The van der Waals surface area contributed by atoms with E-state index in [1.165, 1.54) is 32.1 Å². The standard InChI is InChI=1S/C79H130O17P2/c1-5-9-13-17-21-25-29-32-35-36-39-41-45-48-52-56-60-64-77(82)90-70-75(96-79(84)66-62-58-54-50-46-42-38-34-31-27-23-19-15-11-7-3)72-94-98(87,88)92-68-73(80)67-91-97(85,86)93-71-74(95-78(83)65-61-57-53-49-43-28-24-20-16-12-8-4)69-89-76(81)63-59-55-51-47-44-40-37-33-30-26-22-18-14-10-6-2/h9,11,13,15,20-27,32-35,37-39,41,46,48,50,52,73-75,80H,5-8,10,12,14,16-19,28-31,36,40,42-45,47,49,51,53-72H2,1-4H3,(H,85,86)(H,87,88)/b13-9-,15-11-,24-20-,25-21-,26-22-,27-23-,35-32-,37-33-,38-34-,41-39-,50-46-,52-48-. The smallest absolute Gasteiger partial charge is 0.462 e. The van der Waals surface area contributed by atoms with Crippen molar-refractivity contribution in [1.29, 1.82) is 0 Å². The van der Waals surface area contributed by atoms with Gasteiger partial charge in [-0.05, 0) is 154 Å². The predicted octanol–water partition coefficient (Wildman–Crippen LogP) is 21.1. The van der Waals surface area contributed by atoms with E-state index in [1.807, 2.05) is 12.2 Å². The van der Waals surface area contributed by atoms with E-state index in [0.717, 1.165) is 148 Å². The molecule has 0 aliphatic rings. The number of aliphatic hydroxyl groups is 1. The molecule has 17 nitrogen and oxygen atoms in total. The summed E-state index contributed by atoms with van der Waals surface area (Å²) < 4.78 is 68.2. The Hall–Kier alpha value is -5.06. The van der Waals surface area contributed by atoms with Crippen LogP contribution < -0.4 is 0 Å². The Labute approximate surface area is 592 Å². The molecule has 0 radical (unpaired) electrons. The zero-order valence-electron chi connectivity index (χ0n) is 60.7. The van der Waals surface area contributed by atoms with Crippen LogP contribution in [0.15, 0.2) is 146 Å². The fraction of sp³-hybridized carbons (Fsp3) is 0.646. The Morgan fingerprint density at radius 1 is 0.296 bits per heavy atom. The molecule has 558 valence electrons. The molecular formula is C79H130O17P2. The molecule has 5 unspecified atom stereocenters. The number of phosphoric ester groups is 2. The lowest BCUT2D eigenvalue weighted by Crippen LogP contribution is -2.30. The molecular weight excluding hydrogens is 1280 g/mol. The maximum atomic E-state index is 13.1. The van der Waals surface area contributed by atoms with E-state index < -0.39 is 97.5 Å². The van der Waals surface area contributed by atoms with Gasteiger partial charge in [0, 0.05) is 25.7 Å². The number of hydrogen-bond donors (Lipinski definition) is 3. The van der Waals surface area contributed by atoms with Gasteiger partial charge < -0.3 is 33.8 Å². The van der Waals surface area contributed by atoms with Crippen LogP contribution in [-0.4, -0.2) is 96.7 Å². The third kappa shape index (κ3) is 69.4. The number of phosphoric acid groups is 2. The Kier molecular flexibility index (Phi) is 66.7. The second kappa shape index (κ2) is 70.4. The molecule has 3 N–H and O–H groups in total. The highest BCUT2D eigenvalue weighted by Crippen LogP contribution is 2.45. The number of aliphatic hydroxyl groups excluding tert-OH is 1. The number of rotatable bonds is 68. The van der Waals surface area contributed by atoms with Crippen molar-refractivity contribution in [1.82, 2.24) is 0 Å². The topological polar surface area (TPSA) is 237 Å². The van der Waals surface area contributed by atoms with Crippen LogP contribution in [0.3, 0.4) is 0 Å². The first-order valence-corrected chi connectivity index (χ1v) is 40.1. The molecule has 0 amide bonds. The molecule has 0 spiro atoms. The fourth-order valence-electron chi connectivity index (χ4n) is 9.14. The predicted molar refractivity (Wildman–Crippen MR) is 399 cm³/mol. The molecule has 0 aromatic rings. The van der Waals surface area contributed by atoms with Gasteiger partial charge in [-0.1, -0.05) is 238 Å². The lowest BCUT2D eigenvalue weighted by Gasteiger charge is -2.21. The molecule has 19 heteroatoms. The number of esters is 4. The molecule has 0 aliphatic carbocycles. The summed E-state index contributed by atoms with van der Waals surface area (Å²) in [6.07, 6.45) is 78.6. The third-order valence-electron chi connectivity index (χ3n) is 14.8. The number of allylic oxidation sites excluding steroid dienone is 24. The summed E-state index contributed by atoms with van der Waals surface area (Å²) >= 11 is 0. The molecule has 98 heavy (non-hydrogen) atoms. The minimum atomic E-state index is -5.00. The number of carbonyl (C=O) groups excluding carboxylic acids is 4. The summed E-state index contributed by atoms with van der Waals surface area (Å²) in [6.45, 7) is 4.41. The highest BCUT2D eigenvalue weighted by Gasteiger charge is 2.30. The Morgan fingerprint density at radius 3 is 0.918 bits per heavy atom. The number of unbranched alkanes of at least 4 members (excludes halogenated alkanes) is 18. The first-order chi connectivity index (χ1) is 47.7. The van der Waals surface area contributed by atoms with Crippen LogP contribution in [0.25, 0.3) is 0 Å². The van der Waals surface area contributed by atoms with E-state index in [-0.39, 0.29) is 25.7 Å². The largest absolute Gasteiger partial charge is 0.472 e. The van der Waals surface area contributed by atoms with E-state index in [4.69, 9.17) is 37.0 Å². The third-order valence-corrected chi connectivity index (χ3v) is 16.7. The summed E-state index contributed by atoms with van der Waals surface area (Å²) in [5.74, 6) is -2.33. The minimum absolute atomic E-state index is 0.0254. The van der Waals surface area contributed by atoms with Gasteiger partial charge in [0.05, 0.1) is 26.4 Å². The molecule has 0 aromatic carbocycles. The number of hydrogen-bond acceptors (Lipinski definition) is 15. The minimum Gasteiger partial charge on any atom is -0.462 e. The van der Waals surface area contributed by atoms with Gasteiger partial charge in [0.25, 0.3) is 0 Å². The first-order valence-electron chi connectivity index (χ1n) is 37.1. The van der Waals surface area contributed by atoms with Gasteiger partial charge in [-0.15, -0.1) is 0 Å². The molecule has 5 atom stereocenters. The van der Waals surface area contributed by atoms with E-state index >= 15 is 0 Å². The first kappa shape index (κ1) is 92.9. The molecule has 0 fully saturated rings. The van der Waals surface area contributed by atoms with E-state index in [0.29, 0.717) is 38.5 Å². The van der Waals surface area contributed by atoms with Crippen LogP contribution in [0.4, 0.5) is 0 Å². The van der Waals surface area contributed by atoms with Crippen molar-refractivity contribution in [3.05, 3.63) is 146 Å². The van der Waals surface area contributed by atoms with Crippen LogP contribution in [-0.2, 0) is 65.4 Å². The summed E-state index contributed by atoms with van der Waals surface area (Å²) in [7, 11) is -9.99. The SMILES string of the molecule is CC/C=C\C/C=C\C/C=C\C/C=C\C/C=C\CCCC(=O)OCC(COP(=O)(O)OCC(O)COP(=O)(O)OCC(COC(=O)CCCCCCC/C=C\C/C=C\CCCCC)OC(=O)CCCCCCC/C=C\CCCC)OC(=O)CCCC/C=C\C/C=C\C/C=C\C/C=C\CC. The van der Waals surface area contributed by atoms with Crippen molar-refractivity contribution in [2.75, 3.05) is 39.6 Å². The Morgan fingerprint density at radius 2 is 0.551 bits per heavy atom. The van der Waals surface area contributed by atoms with E-state index in [2.05, 4.69) is 161 Å². The highest BCUT2D eigenvalue weighted by atomic mass is 31.2. The molecule has 0 rings (SSSR count). The van der Waals surface area contributed by atoms with Gasteiger partial charge in [-0.3, -0.25) is 37.3 Å². The van der Waals surface area contributed by atoms with Crippen molar-refractivity contribution in [3.8, 4) is 0 Å². The summed E-state index contributed by atoms with van der Waals surface area (Å²) in [4.78, 5) is 72.7. The highest BCUT2D eigenvalue weighted by molar-refractivity contribution is 7.47. The van der Waals surface area contributed by atoms with Gasteiger partial charge in [0.2, 0.25) is 0 Å². The zero-order valence-corrected chi connectivity index (χ0v) is 62.4. The lowest BCUT2D eigenvalue weighted by molar-refractivity contribution is -0.161. The molecule has 0 aliphatic heterocycles. The van der Waals surface area contributed by atoms with Gasteiger partial charge >= 0.3 is 39.5 Å². The zero-order chi connectivity index (χ0) is 71.8. The van der Waals surface area contributed by atoms with Crippen molar-refractivity contribution in [2.24, 2.45) is 0 Å². The van der Waals surface area contributed by atoms with Crippen molar-refractivity contribution in [2.45, 2.75) is 290 Å². The summed E-state index contributed by atoms with van der Waals surface area (Å²) in [6, 6.07) is 0. The molecule has 0 aromatic heterocycles. The molecule has 0 saturated heterocycles. The van der Waals surface area contributed by atoms with Crippen LogP contribution in [0.5, 0.6) is 0 Å².